The van der Waals surface area contributed by atoms with Gasteiger partial charge in [0.1, 0.15) is 11.3 Å². The molecule has 0 spiro atoms. The van der Waals surface area contributed by atoms with Gasteiger partial charge in [0.25, 0.3) is 0 Å². The van der Waals surface area contributed by atoms with Crippen LogP contribution in [0.4, 0.5) is 0 Å². The Hall–Kier alpha value is -3.05. The molecule has 0 radical (unpaired) electrons. The number of hydrogen-bond acceptors (Lipinski definition) is 4. The maximum atomic E-state index is 13.1. The monoisotopic (exact) mass is 350 g/mol. The highest BCUT2D eigenvalue weighted by Crippen LogP contribution is 2.39. The minimum atomic E-state index is -3.87. The van der Waals surface area contributed by atoms with Gasteiger partial charge < -0.3 is 9.52 Å². The second-order valence-electron chi connectivity index (χ2n) is 5.62. The molecule has 0 saturated heterocycles. The first-order valence-corrected chi connectivity index (χ1v) is 9.17. The normalized spacial score (nSPS) is 11.7. The van der Waals surface area contributed by atoms with Crippen molar-refractivity contribution in [1.82, 2.24) is 0 Å². The molecule has 4 rings (SSSR count). The van der Waals surface area contributed by atoms with Crippen LogP contribution in [0.25, 0.3) is 22.1 Å². The van der Waals surface area contributed by atoms with Crippen LogP contribution in [-0.2, 0) is 9.84 Å². The van der Waals surface area contributed by atoms with Gasteiger partial charge >= 0.3 is 0 Å². The quantitative estimate of drug-likeness (QED) is 0.584. The Morgan fingerprint density at radius 3 is 2.12 bits per heavy atom. The lowest BCUT2D eigenvalue weighted by Gasteiger charge is -2.06. The Balaban J connectivity index is 2.03. The van der Waals surface area contributed by atoms with Crippen LogP contribution in [0.5, 0.6) is 5.75 Å². The van der Waals surface area contributed by atoms with E-state index in [9.17, 15) is 13.5 Å². The topological polar surface area (TPSA) is 67.5 Å². The standard InChI is InChI=1S/C20H14O4S/c21-15-10-12-16(13-11-15)25(22,23)20-19(14-6-2-1-3-7-14)17-8-4-5-9-18(17)24-20/h1-13,21H. The van der Waals surface area contributed by atoms with Crippen LogP contribution in [0.2, 0.25) is 0 Å². The number of phenols is 1. The lowest BCUT2D eigenvalue weighted by Crippen LogP contribution is -2.02. The van der Waals surface area contributed by atoms with Crippen molar-refractivity contribution in [2.45, 2.75) is 9.99 Å². The third kappa shape index (κ3) is 2.58. The third-order valence-corrected chi connectivity index (χ3v) is 5.69. The molecule has 0 fully saturated rings. The molecule has 5 heteroatoms. The summed E-state index contributed by atoms with van der Waals surface area (Å²) in [4.78, 5) is 0.0709. The van der Waals surface area contributed by atoms with Gasteiger partial charge in [-0.25, -0.2) is 8.42 Å². The van der Waals surface area contributed by atoms with Gasteiger partial charge in [-0.2, -0.15) is 0 Å². The average Bonchev–Trinajstić information content (AvgIpc) is 3.03. The summed E-state index contributed by atoms with van der Waals surface area (Å²) in [5, 5.41) is 10.1. The van der Waals surface area contributed by atoms with E-state index < -0.39 is 9.84 Å². The molecule has 0 aliphatic rings. The van der Waals surface area contributed by atoms with Crippen LogP contribution in [-0.4, -0.2) is 13.5 Å². The Bertz CT molecular complexity index is 1140. The molecule has 25 heavy (non-hydrogen) atoms. The van der Waals surface area contributed by atoms with Crippen molar-refractivity contribution in [3.05, 3.63) is 78.9 Å². The number of benzene rings is 3. The van der Waals surface area contributed by atoms with E-state index in [1.165, 1.54) is 24.3 Å². The van der Waals surface area contributed by atoms with Crippen molar-refractivity contribution in [1.29, 1.82) is 0 Å². The van der Waals surface area contributed by atoms with Crippen LogP contribution in [0, 0.1) is 0 Å². The van der Waals surface area contributed by atoms with Gasteiger partial charge in [0, 0.05) is 10.9 Å². The molecule has 0 unspecified atom stereocenters. The summed E-state index contributed by atoms with van der Waals surface area (Å²) in [7, 11) is -3.87. The van der Waals surface area contributed by atoms with Gasteiger partial charge in [-0.1, -0.05) is 48.5 Å². The molecule has 0 amide bonds. The number of aromatic hydroxyl groups is 1. The molecule has 0 atom stereocenters. The van der Waals surface area contributed by atoms with Crippen molar-refractivity contribution in [2.24, 2.45) is 0 Å². The molecule has 0 aliphatic heterocycles. The summed E-state index contributed by atoms with van der Waals surface area (Å²) in [6.45, 7) is 0. The molecular weight excluding hydrogens is 336 g/mol. The Morgan fingerprint density at radius 2 is 1.40 bits per heavy atom. The van der Waals surface area contributed by atoms with Crippen LogP contribution >= 0.6 is 0 Å². The van der Waals surface area contributed by atoms with Gasteiger partial charge in [-0.05, 0) is 35.9 Å². The summed E-state index contributed by atoms with van der Waals surface area (Å²) in [5.74, 6) is 0.00633. The molecule has 1 aromatic heterocycles. The minimum absolute atomic E-state index is 0.00633. The number of hydrogen-bond donors (Lipinski definition) is 1. The molecular formula is C20H14O4S. The maximum absolute atomic E-state index is 13.1. The van der Waals surface area contributed by atoms with E-state index >= 15 is 0 Å². The molecule has 3 aromatic carbocycles. The summed E-state index contributed by atoms with van der Waals surface area (Å²) in [5.41, 5.74) is 1.83. The van der Waals surface area contributed by atoms with Crippen molar-refractivity contribution in [3.63, 3.8) is 0 Å². The maximum Gasteiger partial charge on any atom is 0.240 e. The summed E-state index contributed by atoms with van der Waals surface area (Å²) in [6.07, 6.45) is 0. The lowest BCUT2D eigenvalue weighted by atomic mass is 10.1. The number of para-hydroxylation sites is 1. The Labute approximate surface area is 144 Å². The molecule has 0 saturated carbocycles. The van der Waals surface area contributed by atoms with Gasteiger partial charge in [0.15, 0.2) is 0 Å². The molecule has 1 N–H and O–H groups in total. The van der Waals surface area contributed by atoms with Gasteiger partial charge in [0.05, 0.1) is 4.90 Å². The van der Waals surface area contributed by atoms with E-state index in [0.29, 0.717) is 11.1 Å². The van der Waals surface area contributed by atoms with E-state index in [1.807, 2.05) is 42.5 Å². The van der Waals surface area contributed by atoms with Crippen LogP contribution < -0.4 is 0 Å². The highest BCUT2D eigenvalue weighted by molar-refractivity contribution is 7.91. The van der Waals surface area contributed by atoms with Crippen LogP contribution in [0.1, 0.15) is 0 Å². The van der Waals surface area contributed by atoms with Crippen LogP contribution in [0.15, 0.2) is 93.3 Å². The first-order valence-electron chi connectivity index (χ1n) is 7.68. The first-order chi connectivity index (χ1) is 12.1. The number of sulfone groups is 1. The summed E-state index contributed by atoms with van der Waals surface area (Å²) >= 11 is 0. The smallest absolute Gasteiger partial charge is 0.240 e. The summed E-state index contributed by atoms with van der Waals surface area (Å²) < 4.78 is 32.0. The van der Waals surface area contributed by atoms with E-state index in [2.05, 4.69) is 0 Å². The fourth-order valence-corrected chi connectivity index (χ4v) is 4.23. The number of fused-ring (bicyclic) bond motifs is 1. The molecule has 1 heterocycles. The highest BCUT2D eigenvalue weighted by Gasteiger charge is 2.28. The van der Waals surface area contributed by atoms with Gasteiger partial charge in [-0.3, -0.25) is 0 Å². The zero-order valence-electron chi connectivity index (χ0n) is 13.1. The highest BCUT2D eigenvalue weighted by atomic mass is 32.2. The van der Waals surface area contributed by atoms with Crippen molar-refractivity contribution in [3.8, 4) is 16.9 Å². The fraction of sp³-hybridized carbons (Fsp3) is 0. The largest absolute Gasteiger partial charge is 0.508 e. The Kier molecular flexibility index (Phi) is 3.58. The molecule has 4 aromatic rings. The predicted molar refractivity (Wildman–Crippen MR) is 95.2 cm³/mol. The second-order valence-corrected chi connectivity index (χ2v) is 7.47. The zero-order valence-corrected chi connectivity index (χ0v) is 13.9. The number of furan rings is 1. The molecule has 0 aliphatic carbocycles. The third-order valence-electron chi connectivity index (χ3n) is 4.02. The molecule has 0 bridgehead atoms. The number of phenolic OH excluding ortho intramolecular Hbond substituents is 1. The Morgan fingerprint density at radius 1 is 0.760 bits per heavy atom. The fourth-order valence-electron chi connectivity index (χ4n) is 2.82. The van der Waals surface area contributed by atoms with Crippen LogP contribution in [0.3, 0.4) is 0 Å². The number of rotatable bonds is 3. The SMILES string of the molecule is O=S(=O)(c1ccc(O)cc1)c1oc2ccccc2c1-c1ccccc1. The average molecular weight is 350 g/mol. The summed E-state index contributed by atoms with van der Waals surface area (Å²) in [6, 6.07) is 22.0. The van der Waals surface area contributed by atoms with E-state index in [0.717, 1.165) is 10.9 Å². The molecule has 4 nitrogen and oxygen atoms in total. The van der Waals surface area contributed by atoms with E-state index in [-0.39, 0.29) is 15.7 Å². The predicted octanol–water partition coefficient (Wildman–Crippen LogP) is 4.64. The lowest BCUT2D eigenvalue weighted by molar-refractivity contribution is 0.473. The van der Waals surface area contributed by atoms with Crippen molar-refractivity contribution < 1.29 is 17.9 Å². The van der Waals surface area contributed by atoms with Gasteiger partial charge in [-0.15, -0.1) is 0 Å². The first kappa shape index (κ1) is 15.5. The van der Waals surface area contributed by atoms with Crippen molar-refractivity contribution in [2.75, 3.05) is 0 Å². The zero-order chi connectivity index (χ0) is 17.4. The molecule has 124 valence electrons. The van der Waals surface area contributed by atoms with Crippen molar-refractivity contribution >= 4 is 20.8 Å². The second kappa shape index (κ2) is 5.79. The van der Waals surface area contributed by atoms with E-state index in [4.69, 9.17) is 4.42 Å². The van der Waals surface area contributed by atoms with E-state index in [1.54, 1.807) is 12.1 Å². The van der Waals surface area contributed by atoms with Gasteiger partial charge in [0.2, 0.25) is 14.9 Å². The minimum Gasteiger partial charge on any atom is -0.508 e.